The summed E-state index contributed by atoms with van der Waals surface area (Å²) in [7, 11) is 0. The van der Waals surface area contributed by atoms with Gasteiger partial charge in [0.1, 0.15) is 5.15 Å². The van der Waals surface area contributed by atoms with Crippen molar-refractivity contribution in [1.82, 2.24) is 9.55 Å². The minimum absolute atomic E-state index is 0.0321. The summed E-state index contributed by atoms with van der Waals surface area (Å²) >= 11 is 5.94. The van der Waals surface area contributed by atoms with Gasteiger partial charge >= 0.3 is 5.69 Å². The van der Waals surface area contributed by atoms with Gasteiger partial charge in [0.15, 0.2) is 0 Å². The third kappa shape index (κ3) is 3.09. The van der Waals surface area contributed by atoms with Gasteiger partial charge in [-0.2, -0.15) is 0 Å². The molecule has 0 spiro atoms. The molecule has 2 heterocycles. The van der Waals surface area contributed by atoms with Crippen molar-refractivity contribution in [2.45, 2.75) is 51.7 Å². The van der Waals surface area contributed by atoms with Crippen molar-refractivity contribution in [3.05, 3.63) is 31.6 Å². The van der Waals surface area contributed by atoms with Gasteiger partial charge in [-0.15, -0.1) is 0 Å². The first-order valence-corrected chi connectivity index (χ1v) is 7.02. The molecule has 1 aromatic rings. The highest BCUT2D eigenvalue weighted by Crippen LogP contribution is 2.17. The monoisotopic (exact) mass is 286 g/mol. The maximum Gasteiger partial charge on any atom is 0.329 e. The molecule has 0 radical (unpaired) electrons. The lowest BCUT2D eigenvalue weighted by atomic mass is 10.1. The summed E-state index contributed by atoms with van der Waals surface area (Å²) in [5.41, 5.74) is -0.316. The van der Waals surface area contributed by atoms with Crippen LogP contribution in [0.3, 0.4) is 0 Å². The van der Waals surface area contributed by atoms with Gasteiger partial charge in [0.2, 0.25) is 0 Å². The molecule has 1 atom stereocenters. The topological polar surface area (TPSA) is 64.1 Å². The zero-order valence-electron chi connectivity index (χ0n) is 11.2. The van der Waals surface area contributed by atoms with Crippen molar-refractivity contribution < 1.29 is 4.74 Å². The third-order valence-corrected chi connectivity index (χ3v) is 3.71. The number of hydrogen-bond donors (Lipinski definition) is 1. The lowest BCUT2D eigenvalue weighted by Gasteiger charge is -2.23. The molecular weight excluding hydrogens is 268 g/mol. The number of aromatic nitrogens is 2. The average Bonchev–Trinajstić information content (AvgIpc) is 2.35. The molecule has 1 N–H and O–H groups in total. The van der Waals surface area contributed by atoms with Crippen LogP contribution in [0.5, 0.6) is 0 Å². The molecule has 106 valence electrons. The van der Waals surface area contributed by atoms with Crippen molar-refractivity contribution in [2.75, 3.05) is 6.61 Å². The third-order valence-electron chi connectivity index (χ3n) is 3.41. The quantitative estimate of drug-likeness (QED) is 0.863. The number of nitrogens with one attached hydrogen (secondary N) is 1. The zero-order valence-corrected chi connectivity index (χ0v) is 12.0. The van der Waals surface area contributed by atoms with Crippen molar-refractivity contribution >= 4 is 11.6 Å². The Morgan fingerprint density at radius 2 is 2.16 bits per heavy atom. The molecule has 1 aliphatic rings. The molecule has 6 heteroatoms. The van der Waals surface area contributed by atoms with Crippen LogP contribution in [0.25, 0.3) is 0 Å². The Kier molecular flexibility index (Phi) is 4.47. The lowest BCUT2D eigenvalue weighted by Crippen LogP contribution is -2.41. The second kappa shape index (κ2) is 5.92. The highest BCUT2D eigenvalue weighted by molar-refractivity contribution is 6.30. The Morgan fingerprint density at radius 1 is 1.42 bits per heavy atom. The molecule has 0 bridgehead atoms. The number of ether oxygens (including phenoxy) is 1. The minimum atomic E-state index is -0.464. The maximum atomic E-state index is 12.3. The Hall–Kier alpha value is -1.07. The van der Waals surface area contributed by atoms with Gasteiger partial charge in [-0.25, -0.2) is 4.79 Å². The first-order valence-electron chi connectivity index (χ1n) is 6.64. The summed E-state index contributed by atoms with van der Waals surface area (Å²) in [6.07, 6.45) is 2.93. The zero-order chi connectivity index (χ0) is 14.0. The standard InChI is InChI=1S/C13H19ClN2O3/c1-8(2)10-11(14)15-13(18)16(12(10)17)7-9-5-3-4-6-19-9/h8-9H,3-7H2,1-2H3,(H,15,18). The van der Waals surface area contributed by atoms with Crippen LogP contribution in [-0.4, -0.2) is 22.3 Å². The number of rotatable bonds is 3. The van der Waals surface area contributed by atoms with E-state index in [4.69, 9.17) is 16.3 Å². The Balaban J connectivity index is 2.37. The van der Waals surface area contributed by atoms with Crippen LogP contribution in [0.15, 0.2) is 9.59 Å². The van der Waals surface area contributed by atoms with E-state index >= 15 is 0 Å². The molecule has 1 aliphatic heterocycles. The van der Waals surface area contributed by atoms with Crippen LogP contribution >= 0.6 is 11.6 Å². The van der Waals surface area contributed by atoms with Crippen LogP contribution in [0, 0.1) is 0 Å². The van der Waals surface area contributed by atoms with E-state index in [-0.39, 0.29) is 22.7 Å². The minimum Gasteiger partial charge on any atom is -0.376 e. The maximum absolute atomic E-state index is 12.3. The fraction of sp³-hybridized carbons (Fsp3) is 0.692. The summed E-state index contributed by atoms with van der Waals surface area (Å²) in [4.78, 5) is 26.7. The highest BCUT2D eigenvalue weighted by Gasteiger charge is 2.20. The van der Waals surface area contributed by atoms with E-state index in [1.807, 2.05) is 13.8 Å². The Morgan fingerprint density at radius 3 is 2.74 bits per heavy atom. The van der Waals surface area contributed by atoms with E-state index in [1.54, 1.807) is 0 Å². The second-order valence-corrected chi connectivity index (χ2v) is 5.59. The Bertz CT molecular complexity index is 556. The van der Waals surface area contributed by atoms with Gasteiger partial charge in [-0.3, -0.25) is 14.3 Å². The normalized spacial score (nSPS) is 19.9. The first-order chi connectivity index (χ1) is 9.00. The fourth-order valence-corrected chi connectivity index (χ4v) is 2.76. The molecule has 1 saturated heterocycles. The van der Waals surface area contributed by atoms with Crippen molar-refractivity contribution in [2.24, 2.45) is 0 Å². The smallest absolute Gasteiger partial charge is 0.329 e. The van der Waals surface area contributed by atoms with Gasteiger partial charge in [0.25, 0.3) is 5.56 Å². The van der Waals surface area contributed by atoms with Crippen LogP contribution in [-0.2, 0) is 11.3 Å². The number of aromatic amines is 1. The van der Waals surface area contributed by atoms with E-state index in [9.17, 15) is 9.59 Å². The summed E-state index contributed by atoms with van der Waals surface area (Å²) in [6.45, 7) is 4.75. The number of H-pyrrole nitrogens is 1. The molecule has 1 fully saturated rings. The van der Waals surface area contributed by atoms with Gasteiger partial charge in [0, 0.05) is 6.61 Å². The second-order valence-electron chi connectivity index (χ2n) is 5.22. The molecule has 0 saturated carbocycles. The molecular formula is C13H19ClN2O3. The van der Waals surface area contributed by atoms with E-state index in [0.29, 0.717) is 18.7 Å². The Labute approximate surface area is 116 Å². The van der Waals surface area contributed by atoms with Gasteiger partial charge in [0.05, 0.1) is 18.2 Å². The summed E-state index contributed by atoms with van der Waals surface area (Å²) in [5, 5.41) is 0.144. The number of hydrogen-bond acceptors (Lipinski definition) is 3. The summed E-state index contributed by atoms with van der Waals surface area (Å²) in [6, 6.07) is 0. The average molecular weight is 287 g/mol. The molecule has 19 heavy (non-hydrogen) atoms. The molecule has 5 nitrogen and oxygen atoms in total. The van der Waals surface area contributed by atoms with E-state index in [1.165, 1.54) is 4.57 Å². The molecule has 0 amide bonds. The van der Waals surface area contributed by atoms with E-state index in [0.717, 1.165) is 19.3 Å². The van der Waals surface area contributed by atoms with Crippen LogP contribution < -0.4 is 11.2 Å². The predicted molar refractivity (Wildman–Crippen MR) is 74.0 cm³/mol. The largest absolute Gasteiger partial charge is 0.376 e. The van der Waals surface area contributed by atoms with Crippen LogP contribution in [0.2, 0.25) is 5.15 Å². The van der Waals surface area contributed by atoms with Crippen molar-refractivity contribution in [3.63, 3.8) is 0 Å². The summed E-state index contributed by atoms with van der Waals surface area (Å²) < 4.78 is 6.78. The van der Waals surface area contributed by atoms with Gasteiger partial charge in [-0.1, -0.05) is 25.4 Å². The van der Waals surface area contributed by atoms with Gasteiger partial charge < -0.3 is 4.74 Å². The molecule has 0 aliphatic carbocycles. The number of halogens is 1. The summed E-state index contributed by atoms with van der Waals surface area (Å²) in [5.74, 6) is -0.0321. The molecule has 1 unspecified atom stereocenters. The van der Waals surface area contributed by atoms with E-state index in [2.05, 4.69) is 4.98 Å². The van der Waals surface area contributed by atoms with Crippen molar-refractivity contribution in [1.29, 1.82) is 0 Å². The van der Waals surface area contributed by atoms with Crippen molar-refractivity contribution in [3.8, 4) is 0 Å². The van der Waals surface area contributed by atoms with E-state index < -0.39 is 5.69 Å². The number of nitrogens with zero attached hydrogens (tertiary/aromatic N) is 1. The molecule has 1 aromatic heterocycles. The van der Waals surface area contributed by atoms with Gasteiger partial charge in [-0.05, 0) is 25.2 Å². The molecule has 0 aromatic carbocycles. The predicted octanol–water partition coefficient (Wildman–Crippen LogP) is 1.88. The van der Waals surface area contributed by atoms with Crippen LogP contribution in [0.4, 0.5) is 0 Å². The van der Waals surface area contributed by atoms with Crippen LogP contribution in [0.1, 0.15) is 44.6 Å². The lowest BCUT2D eigenvalue weighted by molar-refractivity contribution is 0.00463. The highest BCUT2D eigenvalue weighted by atomic mass is 35.5. The molecule has 2 rings (SSSR count). The first kappa shape index (κ1) is 14.3. The fourth-order valence-electron chi connectivity index (χ4n) is 2.38. The SMILES string of the molecule is CC(C)c1c(Cl)[nH]c(=O)n(CC2CCCCO2)c1=O.